The Labute approximate surface area is 100 Å². The summed E-state index contributed by atoms with van der Waals surface area (Å²) in [5.41, 5.74) is 0.516. The number of alkyl halides is 1. The fraction of sp³-hybridized carbons (Fsp3) is 0.636. The van der Waals surface area contributed by atoms with Crippen LogP contribution in [0.15, 0.2) is 12.3 Å². The molecular weight excluding hydrogens is 226 g/mol. The Kier molecular flexibility index (Phi) is 3.19. The normalized spacial score (nSPS) is 25.8. The van der Waals surface area contributed by atoms with Crippen LogP contribution < -0.4 is 0 Å². The van der Waals surface area contributed by atoms with Crippen molar-refractivity contribution in [3.05, 3.63) is 18.0 Å². The average molecular weight is 242 g/mol. The van der Waals surface area contributed by atoms with Gasteiger partial charge in [-0.05, 0) is 18.4 Å². The monoisotopic (exact) mass is 241 g/mol. The van der Waals surface area contributed by atoms with Crippen LogP contribution in [-0.4, -0.2) is 39.1 Å². The van der Waals surface area contributed by atoms with Crippen LogP contribution in [0.2, 0.25) is 0 Å². The van der Waals surface area contributed by atoms with Gasteiger partial charge in [0.05, 0.1) is 0 Å². The molecule has 0 N–H and O–H groups in total. The van der Waals surface area contributed by atoms with Crippen LogP contribution in [0.3, 0.4) is 0 Å². The SMILES string of the molecule is CC1CN(C(=O)c2ccn(C)n2)CCC1Cl. The van der Waals surface area contributed by atoms with Crippen molar-refractivity contribution in [3.63, 3.8) is 0 Å². The number of rotatable bonds is 1. The van der Waals surface area contributed by atoms with E-state index >= 15 is 0 Å². The predicted molar refractivity (Wildman–Crippen MR) is 62.5 cm³/mol. The van der Waals surface area contributed by atoms with E-state index in [1.807, 2.05) is 11.9 Å². The maximum atomic E-state index is 12.1. The first-order chi connectivity index (χ1) is 7.58. The minimum atomic E-state index is 0.0102. The molecule has 1 aliphatic heterocycles. The van der Waals surface area contributed by atoms with Gasteiger partial charge in [0.15, 0.2) is 0 Å². The highest BCUT2D eigenvalue weighted by atomic mass is 35.5. The largest absolute Gasteiger partial charge is 0.337 e. The molecule has 0 aliphatic carbocycles. The van der Waals surface area contributed by atoms with Crippen molar-refractivity contribution < 1.29 is 4.79 Å². The zero-order chi connectivity index (χ0) is 11.7. The Hall–Kier alpha value is -1.03. The Bertz CT molecular complexity index is 390. The van der Waals surface area contributed by atoms with Crippen LogP contribution in [0.5, 0.6) is 0 Å². The summed E-state index contributed by atoms with van der Waals surface area (Å²) in [4.78, 5) is 13.9. The van der Waals surface area contributed by atoms with Gasteiger partial charge in [-0.3, -0.25) is 9.48 Å². The maximum Gasteiger partial charge on any atom is 0.274 e. The second-order valence-corrected chi connectivity index (χ2v) is 4.97. The number of carbonyl (C=O) groups is 1. The minimum absolute atomic E-state index is 0.0102. The van der Waals surface area contributed by atoms with E-state index in [0.717, 1.165) is 19.5 Å². The second-order valence-electron chi connectivity index (χ2n) is 4.41. The van der Waals surface area contributed by atoms with E-state index in [1.54, 1.807) is 16.9 Å². The molecule has 0 spiro atoms. The number of halogens is 1. The highest BCUT2D eigenvalue weighted by molar-refractivity contribution is 6.20. The number of amides is 1. The number of likely N-dealkylation sites (tertiary alicyclic amines) is 1. The van der Waals surface area contributed by atoms with Crippen LogP contribution in [0.4, 0.5) is 0 Å². The van der Waals surface area contributed by atoms with Gasteiger partial charge >= 0.3 is 0 Å². The number of piperidine rings is 1. The Morgan fingerprint density at radius 3 is 2.94 bits per heavy atom. The van der Waals surface area contributed by atoms with Crippen LogP contribution in [0.25, 0.3) is 0 Å². The Morgan fingerprint density at radius 1 is 1.62 bits per heavy atom. The molecule has 1 aliphatic rings. The second kappa shape index (κ2) is 4.45. The van der Waals surface area contributed by atoms with Crippen molar-refractivity contribution in [1.82, 2.24) is 14.7 Å². The molecule has 2 heterocycles. The van der Waals surface area contributed by atoms with Crippen molar-refractivity contribution in [2.75, 3.05) is 13.1 Å². The molecule has 5 heteroatoms. The fourth-order valence-corrected chi connectivity index (χ4v) is 2.17. The third-order valence-corrected chi connectivity index (χ3v) is 3.67. The smallest absolute Gasteiger partial charge is 0.274 e. The molecule has 0 radical (unpaired) electrons. The van der Waals surface area contributed by atoms with Crippen LogP contribution in [0.1, 0.15) is 23.8 Å². The zero-order valence-electron chi connectivity index (χ0n) is 9.56. The minimum Gasteiger partial charge on any atom is -0.337 e. The van der Waals surface area contributed by atoms with Gasteiger partial charge in [-0.2, -0.15) is 5.10 Å². The van der Waals surface area contributed by atoms with Gasteiger partial charge in [0, 0.05) is 31.7 Å². The third kappa shape index (κ3) is 2.21. The van der Waals surface area contributed by atoms with Crippen molar-refractivity contribution in [2.45, 2.75) is 18.7 Å². The lowest BCUT2D eigenvalue weighted by Crippen LogP contribution is -2.43. The summed E-state index contributed by atoms with van der Waals surface area (Å²) in [6.07, 6.45) is 2.65. The number of aryl methyl sites for hydroxylation is 1. The average Bonchev–Trinajstić information content (AvgIpc) is 2.68. The number of carbonyl (C=O) groups excluding carboxylic acids is 1. The standard InChI is InChI=1S/C11H16ClN3O/c1-8-7-15(6-3-9(8)12)11(16)10-4-5-14(2)13-10/h4-5,8-9H,3,6-7H2,1-2H3. The summed E-state index contributed by atoms with van der Waals surface area (Å²) in [6, 6.07) is 1.75. The molecule has 0 aromatic carbocycles. The first-order valence-corrected chi connectivity index (χ1v) is 5.94. The summed E-state index contributed by atoms with van der Waals surface area (Å²) in [5.74, 6) is 0.360. The van der Waals surface area contributed by atoms with Gasteiger partial charge in [0.1, 0.15) is 5.69 Å². The lowest BCUT2D eigenvalue weighted by Gasteiger charge is -2.33. The van der Waals surface area contributed by atoms with E-state index in [9.17, 15) is 4.79 Å². The number of hydrogen-bond donors (Lipinski definition) is 0. The van der Waals surface area contributed by atoms with Gasteiger partial charge in [0.2, 0.25) is 0 Å². The van der Waals surface area contributed by atoms with E-state index in [2.05, 4.69) is 12.0 Å². The van der Waals surface area contributed by atoms with E-state index in [1.165, 1.54) is 0 Å². The van der Waals surface area contributed by atoms with Crippen LogP contribution in [-0.2, 0) is 7.05 Å². The molecule has 2 rings (SSSR count). The van der Waals surface area contributed by atoms with E-state index < -0.39 is 0 Å². The molecule has 1 aromatic heterocycles. The molecule has 2 atom stereocenters. The van der Waals surface area contributed by atoms with E-state index in [4.69, 9.17) is 11.6 Å². The summed E-state index contributed by atoms with van der Waals surface area (Å²) in [7, 11) is 1.81. The first kappa shape index (κ1) is 11.5. The molecule has 4 nitrogen and oxygen atoms in total. The first-order valence-electron chi connectivity index (χ1n) is 5.51. The molecule has 0 saturated carbocycles. The summed E-state index contributed by atoms with van der Waals surface area (Å²) < 4.78 is 1.64. The van der Waals surface area contributed by atoms with Gasteiger partial charge < -0.3 is 4.90 Å². The highest BCUT2D eigenvalue weighted by Crippen LogP contribution is 2.22. The quantitative estimate of drug-likeness (QED) is 0.699. The van der Waals surface area contributed by atoms with Gasteiger partial charge in [-0.25, -0.2) is 0 Å². The molecule has 16 heavy (non-hydrogen) atoms. The number of aromatic nitrogens is 2. The summed E-state index contributed by atoms with van der Waals surface area (Å²) in [5, 5.41) is 4.31. The lowest BCUT2D eigenvalue weighted by molar-refractivity contribution is 0.0680. The molecule has 2 unspecified atom stereocenters. The number of nitrogens with zero attached hydrogens (tertiary/aromatic N) is 3. The van der Waals surface area contributed by atoms with Crippen molar-refractivity contribution in [3.8, 4) is 0 Å². The molecule has 0 bridgehead atoms. The summed E-state index contributed by atoms with van der Waals surface area (Å²) in [6.45, 7) is 3.53. The third-order valence-electron chi connectivity index (χ3n) is 3.02. The maximum absolute atomic E-state index is 12.1. The predicted octanol–water partition coefficient (Wildman–Crippen LogP) is 1.51. The van der Waals surface area contributed by atoms with Crippen LogP contribution in [0, 0.1) is 5.92 Å². The topological polar surface area (TPSA) is 38.1 Å². The van der Waals surface area contributed by atoms with Crippen molar-refractivity contribution in [2.24, 2.45) is 13.0 Å². The van der Waals surface area contributed by atoms with Crippen molar-refractivity contribution >= 4 is 17.5 Å². The number of hydrogen-bond acceptors (Lipinski definition) is 2. The van der Waals surface area contributed by atoms with Gasteiger partial charge in [0.25, 0.3) is 5.91 Å². The Morgan fingerprint density at radius 2 is 2.38 bits per heavy atom. The highest BCUT2D eigenvalue weighted by Gasteiger charge is 2.28. The molecule has 1 fully saturated rings. The van der Waals surface area contributed by atoms with Gasteiger partial charge in [-0.1, -0.05) is 6.92 Å². The van der Waals surface area contributed by atoms with E-state index in [-0.39, 0.29) is 11.3 Å². The Balaban J connectivity index is 2.06. The van der Waals surface area contributed by atoms with Crippen molar-refractivity contribution in [1.29, 1.82) is 0 Å². The lowest BCUT2D eigenvalue weighted by atomic mass is 9.99. The zero-order valence-corrected chi connectivity index (χ0v) is 10.3. The fourth-order valence-electron chi connectivity index (χ4n) is 1.99. The van der Waals surface area contributed by atoms with Crippen LogP contribution >= 0.6 is 11.6 Å². The molecule has 1 saturated heterocycles. The molecule has 1 aromatic rings. The summed E-state index contributed by atoms with van der Waals surface area (Å²) >= 11 is 6.13. The molecule has 1 amide bonds. The van der Waals surface area contributed by atoms with E-state index in [0.29, 0.717) is 11.6 Å². The van der Waals surface area contributed by atoms with Gasteiger partial charge in [-0.15, -0.1) is 11.6 Å². The molecule has 88 valence electrons. The molecular formula is C11H16ClN3O.